The number of hydrogen-bond donors (Lipinski definition) is 1. The van der Waals surface area contributed by atoms with Crippen LogP contribution in [0.25, 0.3) is 0 Å². The van der Waals surface area contributed by atoms with E-state index in [0.29, 0.717) is 0 Å². The molecule has 0 bridgehead atoms. The van der Waals surface area contributed by atoms with Gasteiger partial charge in [-0.2, -0.15) is 0 Å². The first-order valence-corrected chi connectivity index (χ1v) is 5.53. The molecule has 0 aliphatic carbocycles. The van der Waals surface area contributed by atoms with Crippen LogP contribution in [0.2, 0.25) is 0 Å². The fourth-order valence-electron chi connectivity index (χ4n) is 1.34. The van der Waals surface area contributed by atoms with Gasteiger partial charge >= 0.3 is 0 Å². The van der Waals surface area contributed by atoms with E-state index in [0.717, 1.165) is 25.7 Å². The van der Waals surface area contributed by atoms with Gasteiger partial charge in [0, 0.05) is 6.42 Å². The molecule has 0 aliphatic rings. The normalized spacial score (nSPS) is 11.6. The summed E-state index contributed by atoms with van der Waals surface area (Å²) in [5, 5.41) is 9.56. The molecule has 15 heavy (non-hydrogen) atoms. The van der Waals surface area contributed by atoms with Crippen molar-refractivity contribution in [1.82, 2.24) is 0 Å². The van der Waals surface area contributed by atoms with Gasteiger partial charge in [-0.1, -0.05) is 43.2 Å². The number of hydrogen-bond acceptors (Lipinski definition) is 1. The molecule has 0 saturated carbocycles. The van der Waals surface area contributed by atoms with Crippen LogP contribution >= 0.6 is 0 Å². The van der Waals surface area contributed by atoms with Gasteiger partial charge in [-0.05, 0) is 24.8 Å². The number of aliphatic hydroxyl groups excluding tert-OH is 1. The van der Waals surface area contributed by atoms with Crippen molar-refractivity contribution in [3.05, 3.63) is 35.9 Å². The predicted octanol–water partition coefficient (Wildman–Crippen LogP) is 2.78. The molecule has 1 aromatic rings. The standard InChI is InChI=1S/C14H18O/c1-2-3-5-10-14(15)12-11-13-8-6-4-7-9-13/h4,6-9,14-15H,2-3,11-12H2,1H3. The summed E-state index contributed by atoms with van der Waals surface area (Å²) in [4.78, 5) is 0. The van der Waals surface area contributed by atoms with Crippen LogP contribution < -0.4 is 0 Å². The lowest BCUT2D eigenvalue weighted by Gasteiger charge is -2.03. The van der Waals surface area contributed by atoms with Crippen molar-refractivity contribution in [3.63, 3.8) is 0 Å². The Bertz CT molecular complexity index is 318. The minimum Gasteiger partial charge on any atom is -0.380 e. The third kappa shape index (κ3) is 5.24. The molecule has 1 heteroatoms. The molecule has 0 amide bonds. The highest BCUT2D eigenvalue weighted by molar-refractivity contribution is 5.15. The molecular weight excluding hydrogens is 184 g/mol. The van der Waals surface area contributed by atoms with E-state index in [4.69, 9.17) is 0 Å². The third-order valence-electron chi connectivity index (χ3n) is 2.19. The number of unbranched alkanes of at least 4 members (excludes halogenated alkanes) is 1. The number of rotatable bonds is 4. The van der Waals surface area contributed by atoms with Crippen molar-refractivity contribution in [2.75, 3.05) is 0 Å². The van der Waals surface area contributed by atoms with Crippen LogP contribution in [0.15, 0.2) is 30.3 Å². The molecule has 1 unspecified atom stereocenters. The zero-order valence-corrected chi connectivity index (χ0v) is 9.24. The van der Waals surface area contributed by atoms with Gasteiger partial charge in [0.15, 0.2) is 0 Å². The average molecular weight is 202 g/mol. The SMILES string of the molecule is CCCC#CC(O)CCc1ccccc1. The molecular formula is C14H18O. The van der Waals surface area contributed by atoms with E-state index in [1.807, 2.05) is 18.2 Å². The fourth-order valence-corrected chi connectivity index (χ4v) is 1.34. The molecule has 1 nitrogen and oxygen atoms in total. The fraction of sp³-hybridized carbons (Fsp3) is 0.429. The molecule has 0 spiro atoms. The molecule has 1 atom stereocenters. The molecule has 1 N–H and O–H groups in total. The smallest absolute Gasteiger partial charge is 0.115 e. The molecule has 0 heterocycles. The summed E-state index contributed by atoms with van der Waals surface area (Å²) in [5.41, 5.74) is 1.26. The van der Waals surface area contributed by atoms with Crippen LogP contribution in [0.1, 0.15) is 31.7 Å². The van der Waals surface area contributed by atoms with Gasteiger partial charge in [-0.3, -0.25) is 0 Å². The van der Waals surface area contributed by atoms with E-state index in [9.17, 15) is 5.11 Å². The Morgan fingerprint density at radius 3 is 2.67 bits per heavy atom. The maximum atomic E-state index is 9.56. The molecule has 0 radical (unpaired) electrons. The summed E-state index contributed by atoms with van der Waals surface area (Å²) in [7, 11) is 0. The second-order valence-electron chi connectivity index (χ2n) is 3.61. The molecule has 1 aromatic carbocycles. The molecule has 0 aromatic heterocycles. The largest absolute Gasteiger partial charge is 0.380 e. The highest BCUT2D eigenvalue weighted by Crippen LogP contribution is 2.04. The van der Waals surface area contributed by atoms with Gasteiger partial charge in [0.05, 0.1) is 0 Å². The summed E-state index contributed by atoms with van der Waals surface area (Å²) >= 11 is 0. The van der Waals surface area contributed by atoms with Gasteiger partial charge in [0.2, 0.25) is 0 Å². The Morgan fingerprint density at radius 2 is 2.00 bits per heavy atom. The second-order valence-corrected chi connectivity index (χ2v) is 3.61. The zero-order chi connectivity index (χ0) is 10.9. The Kier molecular flexibility index (Phi) is 5.58. The Labute approximate surface area is 92.1 Å². The van der Waals surface area contributed by atoms with E-state index in [2.05, 4.69) is 30.9 Å². The van der Waals surface area contributed by atoms with Crippen molar-refractivity contribution >= 4 is 0 Å². The lowest BCUT2D eigenvalue weighted by molar-refractivity contribution is 0.222. The van der Waals surface area contributed by atoms with Crippen LogP contribution in [0.5, 0.6) is 0 Å². The van der Waals surface area contributed by atoms with Gasteiger partial charge < -0.3 is 5.11 Å². The minimum absolute atomic E-state index is 0.475. The van der Waals surface area contributed by atoms with E-state index in [-0.39, 0.29) is 0 Å². The summed E-state index contributed by atoms with van der Waals surface area (Å²) < 4.78 is 0. The first kappa shape index (κ1) is 11.8. The molecule has 0 fully saturated rings. The van der Waals surface area contributed by atoms with Gasteiger partial charge in [0.25, 0.3) is 0 Å². The van der Waals surface area contributed by atoms with Crippen LogP contribution in [-0.4, -0.2) is 11.2 Å². The van der Waals surface area contributed by atoms with Crippen LogP contribution in [0, 0.1) is 11.8 Å². The summed E-state index contributed by atoms with van der Waals surface area (Å²) in [6.45, 7) is 2.09. The van der Waals surface area contributed by atoms with E-state index >= 15 is 0 Å². The van der Waals surface area contributed by atoms with E-state index in [1.54, 1.807) is 0 Å². The summed E-state index contributed by atoms with van der Waals surface area (Å²) in [5.74, 6) is 5.83. The Morgan fingerprint density at radius 1 is 1.27 bits per heavy atom. The minimum atomic E-state index is -0.475. The highest BCUT2D eigenvalue weighted by Gasteiger charge is 1.99. The second kappa shape index (κ2) is 7.09. The number of benzene rings is 1. The van der Waals surface area contributed by atoms with Crippen LogP contribution in [0.4, 0.5) is 0 Å². The van der Waals surface area contributed by atoms with Gasteiger partial charge in [0.1, 0.15) is 6.10 Å². The zero-order valence-electron chi connectivity index (χ0n) is 9.24. The van der Waals surface area contributed by atoms with Crippen molar-refractivity contribution in [2.24, 2.45) is 0 Å². The van der Waals surface area contributed by atoms with Crippen molar-refractivity contribution < 1.29 is 5.11 Å². The van der Waals surface area contributed by atoms with Crippen LogP contribution in [-0.2, 0) is 6.42 Å². The van der Waals surface area contributed by atoms with Crippen molar-refractivity contribution in [1.29, 1.82) is 0 Å². The van der Waals surface area contributed by atoms with Gasteiger partial charge in [-0.15, -0.1) is 5.92 Å². The van der Waals surface area contributed by atoms with Crippen molar-refractivity contribution in [2.45, 2.75) is 38.7 Å². The lowest BCUT2D eigenvalue weighted by Crippen LogP contribution is -2.04. The van der Waals surface area contributed by atoms with Gasteiger partial charge in [-0.25, -0.2) is 0 Å². The van der Waals surface area contributed by atoms with E-state index < -0.39 is 6.10 Å². The summed E-state index contributed by atoms with van der Waals surface area (Å²) in [6, 6.07) is 10.2. The number of aryl methyl sites for hydroxylation is 1. The van der Waals surface area contributed by atoms with E-state index in [1.165, 1.54) is 5.56 Å². The monoisotopic (exact) mass is 202 g/mol. The van der Waals surface area contributed by atoms with Crippen LogP contribution in [0.3, 0.4) is 0 Å². The first-order chi connectivity index (χ1) is 7.33. The highest BCUT2D eigenvalue weighted by atomic mass is 16.3. The topological polar surface area (TPSA) is 20.2 Å². The molecule has 0 saturated heterocycles. The first-order valence-electron chi connectivity index (χ1n) is 5.53. The molecule has 1 rings (SSSR count). The Balaban J connectivity index is 2.29. The number of aliphatic hydroxyl groups is 1. The maximum Gasteiger partial charge on any atom is 0.115 e. The van der Waals surface area contributed by atoms with Crippen molar-refractivity contribution in [3.8, 4) is 11.8 Å². The average Bonchev–Trinajstić information content (AvgIpc) is 2.28. The lowest BCUT2D eigenvalue weighted by atomic mass is 10.1. The summed E-state index contributed by atoms with van der Waals surface area (Å²) in [6.07, 6.45) is 3.07. The molecule has 80 valence electrons. The third-order valence-corrected chi connectivity index (χ3v) is 2.19. The molecule has 0 aliphatic heterocycles. The Hall–Kier alpha value is -1.26. The maximum absolute atomic E-state index is 9.56. The predicted molar refractivity (Wildman–Crippen MR) is 63.5 cm³/mol. The quantitative estimate of drug-likeness (QED) is 0.744.